The minimum atomic E-state index is -2.83. The minimum Gasteiger partial charge on any atom is -0.147 e. The summed E-state index contributed by atoms with van der Waals surface area (Å²) < 4.78 is 8.79. The quantitative estimate of drug-likeness (QED) is 0.705. The average molecular weight is 359 g/mol. The van der Waals surface area contributed by atoms with Gasteiger partial charge in [-0.25, -0.2) is 0 Å². The molecule has 0 aliphatic heterocycles. The van der Waals surface area contributed by atoms with Crippen LogP contribution in [0.25, 0.3) is 0 Å². The molecule has 0 saturated heterocycles. The van der Waals surface area contributed by atoms with Gasteiger partial charge in [0.15, 0.2) is 0 Å². The van der Waals surface area contributed by atoms with Crippen molar-refractivity contribution < 1.29 is 17.9 Å². The molecule has 0 nitrogen and oxygen atoms in total. The van der Waals surface area contributed by atoms with Crippen LogP contribution in [-0.2, 0) is 17.9 Å². The summed E-state index contributed by atoms with van der Waals surface area (Å²) in [5, 5.41) is 0. The SMILES string of the molecule is C[SiH](C)[Zr]([CH3])([CH3])([C]1=CC=CC1)[c]1ccccc1.Cl. The molecule has 0 bridgehead atoms. The van der Waals surface area contributed by atoms with Gasteiger partial charge in [-0.3, -0.25) is 0 Å². The first-order valence-corrected chi connectivity index (χ1v) is 21.1. The smallest absolute Gasteiger partial charge is 0.147 e. The maximum Gasteiger partial charge on any atom is -0.147 e. The molecule has 2 rings (SSSR count). The number of benzene rings is 1. The van der Waals surface area contributed by atoms with Crippen LogP contribution in [0.15, 0.2) is 51.8 Å². The first-order chi connectivity index (χ1) is 7.96. The van der Waals surface area contributed by atoms with Crippen molar-refractivity contribution in [1.29, 1.82) is 0 Å². The Morgan fingerprint density at radius 3 is 2.11 bits per heavy atom. The van der Waals surface area contributed by atoms with Crippen LogP contribution >= 0.6 is 12.4 Å². The first kappa shape index (κ1) is 16.1. The van der Waals surface area contributed by atoms with Crippen molar-refractivity contribution in [3.05, 3.63) is 51.8 Å². The van der Waals surface area contributed by atoms with E-state index in [1.54, 1.807) is 6.55 Å². The number of hydrogen-bond donors (Lipinski definition) is 0. The van der Waals surface area contributed by atoms with Crippen molar-refractivity contribution in [3.8, 4) is 0 Å². The summed E-state index contributed by atoms with van der Waals surface area (Å²) in [5.41, 5.74) is 0. The van der Waals surface area contributed by atoms with E-state index in [2.05, 4.69) is 70.9 Å². The van der Waals surface area contributed by atoms with Gasteiger partial charge in [-0.05, 0) is 0 Å². The molecule has 0 atom stereocenters. The molecule has 3 heteroatoms. The van der Waals surface area contributed by atoms with Crippen molar-refractivity contribution in [3.63, 3.8) is 0 Å². The third-order valence-corrected chi connectivity index (χ3v) is 49.3. The van der Waals surface area contributed by atoms with E-state index >= 15 is 0 Å². The van der Waals surface area contributed by atoms with Gasteiger partial charge in [0.25, 0.3) is 0 Å². The van der Waals surface area contributed by atoms with E-state index in [4.69, 9.17) is 0 Å². The molecule has 0 fully saturated rings. The molecule has 0 spiro atoms. The molecular formula is C15H24ClSiZr. The van der Waals surface area contributed by atoms with Crippen LogP contribution < -0.4 is 3.27 Å². The molecule has 0 radical (unpaired) electrons. The maximum atomic E-state index is 2.66. The predicted octanol–water partition coefficient (Wildman–Crippen LogP) is 4.35. The van der Waals surface area contributed by atoms with Gasteiger partial charge in [-0.1, -0.05) is 0 Å². The number of hydrogen-bond acceptors (Lipinski definition) is 0. The second kappa shape index (κ2) is 5.61. The largest absolute Gasteiger partial charge is 0.147 e. The molecule has 1 aromatic carbocycles. The third-order valence-electron chi connectivity index (χ3n) is 5.15. The Hall–Kier alpha value is 0.0900. The van der Waals surface area contributed by atoms with Crippen LogP contribution in [0.1, 0.15) is 6.42 Å². The van der Waals surface area contributed by atoms with E-state index in [9.17, 15) is 0 Å². The predicted molar refractivity (Wildman–Crippen MR) is 85.8 cm³/mol. The molecule has 0 unspecified atom stereocenters. The van der Waals surface area contributed by atoms with Crippen LogP contribution in [-0.4, -0.2) is 5.92 Å². The second-order valence-corrected chi connectivity index (χ2v) is 42.7. The van der Waals surface area contributed by atoms with Crippen molar-refractivity contribution in [2.24, 2.45) is 0 Å². The molecule has 0 N–H and O–H groups in total. The molecule has 0 amide bonds. The Bertz CT molecular complexity index is 475. The van der Waals surface area contributed by atoms with Gasteiger partial charge in [-0.2, -0.15) is 0 Å². The van der Waals surface area contributed by atoms with Crippen LogP contribution in [0.2, 0.25) is 22.4 Å². The fourth-order valence-electron chi connectivity index (χ4n) is 2.86. The molecule has 0 aromatic heterocycles. The summed E-state index contributed by atoms with van der Waals surface area (Å²) in [7, 11) is 0. The zero-order valence-corrected chi connectivity index (χ0v) is 16.2. The van der Waals surface area contributed by atoms with Gasteiger partial charge in [-0.15, -0.1) is 12.4 Å². The molecule has 0 saturated carbocycles. The second-order valence-electron chi connectivity index (χ2n) is 6.34. The van der Waals surface area contributed by atoms with Gasteiger partial charge in [0, 0.05) is 0 Å². The molecule has 99 valence electrons. The monoisotopic (exact) mass is 357 g/mol. The van der Waals surface area contributed by atoms with Crippen molar-refractivity contribution >= 4 is 21.6 Å². The van der Waals surface area contributed by atoms with Gasteiger partial charge in [0.05, 0.1) is 0 Å². The van der Waals surface area contributed by atoms with E-state index in [1.165, 1.54) is 6.42 Å². The maximum absolute atomic E-state index is 2.83. The normalized spacial score (nSPS) is 16.9. The molecule has 1 aliphatic rings. The van der Waals surface area contributed by atoms with Gasteiger partial charge in [0.2, 0.25) is 0 Å². The van der Waals surface area contributed by atoms with Gasteiger partial charge in [0.1, 0.15) is 0 Å². The van der Waals surface area contributed by atoms with Gasteiger partial charge < -0.3 is 0 Å². The summed E-state index contributed by atoms with van der Waals surface area (Å²) >= 11 is -2.83. The standard InChI is InChI=1S/C6H5.C5H5.C2H7Si.2CH3.ClH.Zr/c1-2-4-6-5-3-1;1-2-4-5-3-1;1-3-2;;;;/h1-5H;1-3H,4H2;3H,1-2H3;2*1H3;1H;. The first-order valence-electron chi connectivity index (χ1n) is 6.57. The van der Waals surface area contributed by atoms with Crippen LogP contribution in [0, 0.1) is 0 Å². The van der Waals surface area contributed by atoms with E-state index < -0.39 is 23.9 Å². The summed E-state index contributed by atoms with van der Waals surface area (Å²) in [6.07, 6.45) is 8.22. The number of halogens is 1. The number of allylic oxidation sites excluding steroid dienone is 4. The Labute approximate surface area is 119 Å². The topological polar surface area (TPSA) is 0 Å². The third kappa shape index (κ3) is 2.40. The van der Waals surface area contributed by atoms with E-state index in [1.807, 2.05) is 0 Å². The van der Waals surface area contributed by atoms with Crippen molar-refractivity contribution in [1.82, 2.24) is 0 Å². The molecule has 18 heavy (non-hydrogen) atoms. The molecule has 1 aliphatic carbocycles. The Morgan fingerprint density at radius 1 is 1.06 bits per heavy atom. The summed E-state index contributed by atoms with van der Waals surface area (Å²) in [4.78, 5) is 0. The Kier molecular flexibility index (Phi) is 5.03. The van der Waals surface area contributed by atoms with E-state index in [0.29, 0.717) is 0 Å². The minimum absolute atomic E-state index is 0. The summed E-state index contributed by atoms with van der Waals surface area (Å²) in [5.74, 6) is -0.694. The Morgan fingerprint density at radius 2 is 1.67 bits per heavy atom. The average Bonchev–Trinajstić information content (AvgIpc) is 2.84. The van der Waals surface area contributed by atoms with E-state index in [0.717, 1.165) is 0 Å². The van der Waals surface area contributed by atoms with Crippen LogP contribution in [0.5, 0.6) is 0 Å². The Balaban J connectivity index is 0.00000162. The summed E-state index contributed by atoms with van der Waals surface area (Å²) in [6, 6.07) is 11.3. The fourth-order valence-corrected chi connectivity index (χ4v) is 24.3. The summed E-state index contributed by atoms with van der Waals surface area (Å²) in [6.45, 7) is 5.11. The van der Waals surface area contributed by atoms with Crippen molar-refractivity contribution in [2.45, 2.75) is 28.8 Å². The van der Waals surface area contributed by atoms with Gasteiger partial charge >= 0.3 is 108 Å². The molecule has 1 aromatic rings. The van der Waals surface area contributed by atoms with E-state index in [-0.39, 0.29) is 12.4 Å². The van der Waals surface area contributed by atoms with Crippen molar-refractivity contribution in [2.75, 3.05) is 0 Å². The molecular weight excluding hydrogens is 335 g/mol. The van der Waals surface area contributed by atoms with Crippen LogP contribution in [0.3, 0.4) is 0 Å². The fraction of sp³-hybridized carbons (Fsp3) is 0.333. The zero-order valence-electron chi connectivity index (χ0n) is 11.8. The zero-order chi connectivity index (χ0) is 12.5. The van der Waals surface area contributed by atoms with Crippen LogP contribution in [0.4, 0.5) is 0 Å². The molecule has 0 heterocycles. The number of rotatable bonds is 3.